The van der Waals surface area contributed by atoms with Crippen LogP contribution in [0.15, 0.2) is 47.2 Å². The summed E-state index contributed by atoms with van der Waals surface area (Å²) in [6.07, 6.45) is 1.49. The second-order valence-corrected chi connectivity index (χ2v) is 5.41. The van der Waals surface area contributed by atoms with Gasteiger partial charge in [0.2, 0.25) is 0 Å². The van der Waals surface area contributed by atoms with E-state index in [-0.39, 0.29) is 11.9 Å². The summed E-state index contributed by atoms with van der Waals surface area (Å²) in [4.78, 5) is 14.2. The van der Waals surface area contributed by atoms with Gasteiger partial charge in [-0.2, -0.15) is 5.10 Å². The van der Waals surface area contributed by atoms with E-state index in [1.54, 1.807) is 31.2 Å². The van der Waals surface area contributed by atoms with Crippen molar-refractivity contribution >= 4 is 5.91 Å². The number of nitrogens with zero attached hydrogens (tertiary/aromatic N) is 3. The number of benzene rings is 1. The second kappa shape index (κ2) is 6.57. The van der Waals surface area contributed by atoms with Gasteiger partial charge in [0.25, 0.3) is 5.91 Å². The lowest BCUT2D eigenvalue weighted by molar-refractivity contribution is 0.0731. The van der Waals surface area contributed by atoms with Crippen LogP contribution in [0.5, 0.6) is 5.75 Å². The average molecular weight is 326 g/mol. The summed E-state index contributed by atoms with van der Waals surface area (Å²) >= 11 is 0. The van der Waals surface area contributed by atoms with E-state index in [2.05, 4.69) is 15.4 Å². The quantitative estimate of drug-likeness (QED) is 0.779. The first-order valence-corrected chi connectivity index (χ1v) is 7.47. The largest absolute Gasteiger partial charge is 0.497 e. The zero-order chi connectivity index (χ0) is 17.1. The topological polar surface area (TPSA) is 84.2 Å². The van der Waals surface area contributed by atoms with Crippen molar-refractivity contribution < 1.29 is 14.1 Å². The molecule has 7 heteroatoms. The summed E-state index contributed by atoms with van der Waals surface area (Å²) in [5.74, 6) is 0.601. The van der Waals surface area contributed by atoms with Gasteiger partial charge in [-0.15, -0.1) is 0 Å². The average Bonchev–Trinajstić information content (AvgIpc) is 3.31. The number of hydrogen-bond donors (Lipinski definition) is 1. The third-order valence-electron chi connectivity index (χ3n) is 3.98. The molecule has 0 aliphatic heterocycles. The summed E-state index contributed by atoms with van der Waals surface area (Å²) in [6.45, 7) is 1.89. The van der Waals surface area contributed by atoms with Crippen LogP contribution in [-0.4, -0.2) is 40.3 Å². The fourth-order valence-corrected chi connectivity index (χ4v) is 2.34. The Morgan fingerprint density at radius 2 is 2.04 bits per heavy atom. The number of carbonyl (C=O) groups is 1. The number of rotatable bonds is 5. The Kier molecular flexibility index (Phi) is 4.33. The van der Waals surface area contributed by atoms with Crippen LogP contribution in [0, 0.1) is 0 Å². The van der Waals surface area contributed by atoms with Crippen LogP contribution in [-0.2, 0) is 0 Å². The van der Waals surface area contributed by atoms with Crippen molar-refractivity contribution in [2.24, 2.45) is 0 Å². The highest BCUT2D eigenvalue weighted by Gasteiger charge is 2.22. The molecule has 3 rings (SSSR count). The predicted octanol–water partition coefficient (Wildman–Crippen LogP) is 2.91. The van der Waals surface area contributed by atoms with Crippen molar-refractivity contribution in [3.63, 3.8) is 0 Å². The lowest BCUT2D eigenvalue weighted by Gasteiger charge is -2.22. The number of ether oxygens (including phenoxy) is 1. The Bertz CT molecular complexity index is 809. The van der Waals surface area contributed by atoms with Crippen LogP contribution >= 0.6 is 0 Å². The molecule has 2 heterocycles. The Balaban J connectivity index is 1.77. The third-order valence-corrected chi connectivity index (χ3v) is 3.98. The van der Waals surface area contributed by atoms with Crippen LogP contribution in [0.1, 0.15) is 29.1 Å². The molecule has 1 aromatic carbocycles. The zero-order valence-corrected chi connectivity index (χ0v) is 13.7. The number of amides is 1. The van der Waals surface area contributed by atoms with Gasteiger partial charge in [-0.05, 0) is 37.3 Å². The SMILES string of the molecule is COc1ccc(-c2cc(C(=O)N(C)[C@@H](C)c3ccon3)[nH]n2)cc1. The molecule has 0 unspecified atom stereocenters. The fourth-order valence-electron chi connectivity index (χ4n) is 2.34. The molecule has 1 amide bonds. The van der Waals surface area contributed by atoms with Crippen LogP contribution < -0.4 is 4.74 Å². The molecule has 0 saturated heterocycles. The Morgan fingerprint density at radius 3 is 2.67 bits per heavy atom. The van der Waals surface area contributed by atoms with Crippen molar-refractivity contribution in [2.45, 2.75) is 13.0 Å². The van der Waals surface area contributed by atoms with Gasteiger partial charge in [0.1, 0.15) is 23.4 Å². The third kappa shape index (κ3) is 3.01. The van der Waals surface area contributed by atoms with Gasteiger partial charge in [0, 0.05) is 18.7 Å². The summed E-state index contributed by atoms with van der Waals surface area (Å²) in [7, 11) is 3.34. The minimum absolute atomic E-state index is 0.169. The molecule has 2 aromatic heterocycles. The summed E-state index contributed by atoms with van der Waals surface area (Å²) in [5, 5.41) is 10.9. The van der Waals surface area contributed by atoms with Crippen LogP contribution in [0.2, 0.25) is 0 Å². The standard InChI is InChI=1S/C17H18N4O3/c1-11(14-8-9-24-20-14)21(2)17(22)16-10-15(18-19-16)12-4-6-13(23-3)7-5-12/h4-11H,1-3H3,(H,18,19)/t11-/m0/s1. The molecule has 3 aromatic rings. The maximum absolute atomic E-state index is 12.6. The van der Waals surface area contributed by atoms with Crippen molar-refractivity contribution in [3.8, 4) is 17.0 Å². The van der Waals surface area contributed by atoms with Crippen LogP contribution in [0.4, 0.5) is 0 Å². The first-order valence-electron chi connectivity index (χ1n) is 7.47. The van der Waals surface area contributed by atoms with E-state index >= 15 is 0 Å². The van der Waals surface area contributed by atoms with Crippen molar-refractivity contribution in [1.29, 1.82) is 0 Å². The van der Waals surface area contributed by atoms with E-state index in [9.17, 15) is 4.79 Å². The van der Waals surface area contributed by atoms with Gasteiger partial charge in [-0.25, -0.2) is 0 Å². The highest BCUT2D eigenvalue weighted by molar-refractivity contribution is 5.93. The molecular formula is C17H18N4O3. The van der Waals surface area contributed by atoms with E-state index in [1.165, 1.54) is 6.26 Å². The maximum atomic E-state index is 12.6. The van der Waals surface area contributed by atoms with Gasteiger partial charge in [-0.3, -0.25) is 9.89 Å². The Labute approximate surface area is 139 Å². The summed E-state index contributed by atoms with van der Waals surface area (Å²) in [5.41, 5.74) is 2.71. The first kappa shape index (κ1) is 15.8. The van der Waals surface area contributed by atoms with Gasteiger partial charge in [-0.1, -0.05) is 5.16 Å². The van der Waals surface area contributed by atoms with E-state index in [0.717, 1.165) is 11.3 Å². The van der Waals surface area contributed by atoms with Gasteiger partial charge >= 0.3 is 0 Å². The monoisotopic (exact) mass is 326 g/mol. The first-order chi connectivity index (χ1) is 11.6. The number of hydrogen-bond acceptors (Lipinski definition) is 5. The molecule has 0 fully saturated rings. The number of methoxy groups -OCH3 is 1. The summed E-state index contributed by atoms with van der Waals surface area (Å²) < 4.78 is 9.97. The molecule has 124 valence electrons. The highest BCUT2D eigenvalue weighted by Crippen LogP contribution is 2.23. The number of carbonyl (C=O) groups excluding carboxylic acids is 1. The van der Waals surface area contributed by atoms with Crippen LogP contribution in [0.3, 0.4) is 0 Å². The zero-order valence-electron chi connectivity index (χ0n) is 13.7. The minimum atomic E-state index is -0.205. The maximum Gasteiger partial charge on any atom is 0.272 e. The van der Waals surface area contributed by atoms with E-state index in [1.807, 2.05) is 31.2 Å². The van der Waals surface area contributed by atoms with Crippen molar-refractivity contribution in [3.05, 3.63) is 54.0 Å². The predicted molar refractivity (Wildman–Crippen MR) is 87.6 cm³/mol. The van der Waals surface area contributed by atoms with Gasteiger partial charge in [0.05, 0.1) is 18.8 Å². The van der Waals surface area contributed by atoms with E-state index in [4.69, 9.17) is 9.26 Å². The number of aromatic amines is 1. The lowest BCUT2D eigenvalue weighted by Crippen LogP contribution is -2.30. The number of aromatic nitrogens is 3. The smallest absolute Gasteiger partial charge is 0.272 e. The van der Waals surface area contributed by atoms with Gasteiger partial charge < -0.3 is 14.2 Å². The number of nitrogens with one attached hydrogen (secondary N) is 1. The molecule has 24 heavy (non-hydrogen) atoms. The minimum Gasteiger partial charge on any atom is -0.497 e. The molecule has 0 saturated carbocycles. The Hall–Kier alpha value is -3.09. The van der Waals surface area contributed by atoms with E-state index < -0.39 is 0 Å². The summed E-state index contributed by atoms with van der Waals surface area (Å²) in [6, 6.07) is 10.8. The molecule has 7 nitrogen and oxygen atoms in total. The lowest BCUT2D eigenvalue weighted by atomic mass is 10.1. The molecule has 0 bridgehead atoms. The molecule has 1 atom stereocenters. The molecular weight excluding hydrogens is 308 g/mol. The van der Waals surface area contributed by atoms with E-state index in [0.29, 0.717) is 17.1 Å². The fraction of sp³-hybridized carbons (Fsp3) is 0.235. The van der Waals surface area contributed by atoms with Crippen molar-refractivity contribution in [2.75, 3.05) is 14.2 Å². The number of H-pyrrole nitrogens is 1. The van der Waals surface area contributed by atoms with Crippen molar-refractivity contribution in [1.82, 2.24) is 20.3 Å². The molecule has 1 N–H and O–H groups in total. The molecule has 0 radical (unpaired) electrons. The van der Waals surface area contributed by atoms with Crippen LogP contribution in [0.25, 0.3) is 11.3 Å². The normalized spacial score (nSPS) is 12.0. The Morgan fingerprint density at radius 1 is 1.29 bits per heavy atom. The second-order valence-electron chi connectivity index (χ2n) is 5.41. The molecule has 0 aliphatic rings. The molecule has 0 spiro atoms. The highest BCUT2D eigenvalue weighted by atomic mass is 16.5. The molecule has 0 aliphatic carbocycles. The van der Waals surface area contributed by atoms with Gasteiger partial charge in [0.15, 0.2) is 0 Å².